The molecular formula is C16H18N2S. The van der Waals surface area contributed by atoms with Crippen molar-refractivity contribution < 1.29 is 0 Å². The van der Waals surface area contributed by atoms with Crippen LogP contribution in [-0.4, -0.2) is 5.11 Å². The lowest BCUT2D eigenvalue weighted by Crippen LogP contribution is -2.30. The average molecular weight is 270 g/mol. The summed E-state index contributed by atoms with van der Waals surface area (Å²) in [4.78, 5) is 0. The molecule has 0 aromatic heterocycles. The smallest absolute Gasteiger partial charge is 0.171 e. The van der Waals surface area contributed by atoms with E-state index >= 15 is 0 Å². The van der Waals surface area contributed by atoms with E-state index in [4.69, 9.17) is 12.2 Å². The molecule has 2 aromatic carbocycles. The molecule has 3 heteroatoms. The van der Waals surface area contributed by atoms with E-state index in [1.165, 1.54) is 11.1 Å². The third kappa shape index (κ3) is 4.07. The Morgan fingerprint density at radius 2 is 1.79 bits per heavy atom. The van der Waals surface area contributed by atoms with Gasteiger partial charge in [0.2, 0.25) is 0 Å². The molecule has 0 aliphatic carbocycles. The van der Waals surface area contributed by atoms with E-state index in [2.05, 4.69) is 48.7 Å². The first kappa shape index (κ1) is 13.6. The molecule has 98 valence electrons. The highest BCUT2D eigenvalue weighted by Gasteiger charge is 2.06. The second-order valence-electron chi connectivity index (χ2n) is 4.60. The van der Waals surface area contributed by atoms with E-state index in [0.29, 0.717) is 5.11 Å². The molecule has 0 fully saturated rings. The maximum atomic E-state index is 5.33. The number of hydrogen-bond acceptors (Lipinski definition) is 1. The van der Waals surface area contributed by atoms with Gasteiger partial charge >= 0.3 is 0 Å². The van der Waals surface area contributed by atoms with Crippen molar-refractivity contribution >= 4 is 23.0 Å². The highest BCUT2D eigenvalue weighted by molar-refractivity contribution is 7.80. The molecule has 2 nitrogen and oxygen atoms in total. The molecular weight excluding hydrogens is 252 g/mol. The van der Waals surface area contributed by atoms with Crippen molar-refractivity contribution in [2.75, 3.05) is 5.32 Å². The molecule has 1 atom stereocenters. The summed E-state index contributed by atoms with van der Waals surface area (Å²) < 4.78 is 0. The lowest BCUT2D eigenvalue weighted by atomic mass is 10.1. The van der Waals surface area contributed by atoms with E-state index in [0.717, 1.165) is 5.69 Å². The van der Waals surface area contributed by atoms with E-state index in [9.17, 15) is 0 Å². The zero-order valence-electron chi connectivity index (χ0n) is 11.2. The van der Waals surface area contributed by atoms with E-state index in [1.807, 2.05) is 30.3 Å². The predicted octanol–water partition coefficient (Wildman–Crippen LogP) is 4.04. The number of aryl methyl sites for hydroxylation is 1. The predicted molar refractivity (Wildman–Crippen MR) is 85.4 cm³/mol. The van der Waals surface area contributed by atoms with Crippen LogP contribution in [0.25, 0.3) is 0 Å². The quantitative estimate of drug-likeness (QED) is 0.823. The Kier molecular flexibility index (Phi) is 4.53. The SMILES string of the molecule is Cc1cccc(NC(=S)NC(C)c2ccccc2)c1. The fourth-order valence-corrected chi connectivity index (χ4v) is 2.21. The zero-order valence-corrected chi connectivity index (χ0v) is 12.0. The van der Waals surface area contributed by atoms with Crippen LogP contribution in [0.4, 0.5) is 5.69 Å². The van der Waals surface area contributed by atoms with Gasteiger partial charge in [-0.3, -0.25) is 0 Å². The Bertz CT molecular complexity index is 552. The Hall–Kier alpha value is -1.87. The second kappa shape index (κ2) is 6.34. The first-order valence-electron chi connectivity index (χ1n) is 6.34. The maximum Gasteiger partial charge on any atom is 0.171 e. The fraction of sp³-hybridized carbons (Fsp3) is 0.188. The van der Waals surface area contributed by atoms with Crippen LogP contribution < -0.4 is 10.6 Å². The summed E-state index contributed by atoms with van der Waals surface area (Å²) in [7, 11) is 0. The highest BCUT2D eigenvalue weighted by atomic mass is 32.1. The molecule has 0 saturated heterocycles. The van der Waals surface area contributed by atoms with Crippen molar-refractivity contribution in [3.63, 3.8) is 0 Å². The third-order valence-corrected chi connectivity index (χ3v) is 3.14. The number of rotatable bonds is 3. The van der Waals surface area contributed by atoms with Crippen molar-refractivity contribution in [1.82, 2.24) is 5.32 Å². The minimum Gasteiger partial charge on any atom is -0.356 e. The number of thiocarbonyl (C=S) groups is 1. The van der Waals surface area contributed by atoms with Crippen LogP contribution in [-0.2, 0) is 0 Å². The van der Waals surface area contributed by atoms with Crippen LogP contribution in [0.5, 0.6) is 0 Å². The average Bonchev–Trinajstić information content (AvgIpc) is 2.39. The number of nitrogens with one attached hydrogen (secondary N) is 2. The highest BCUT2D eigenvalue weighted by Crippen LogP contribution is 2.13. The minimum atomic E-state index is 0.186. The van der Waals surface area contributed by atoms with Gasteiger partial charge in [0.1, 0.15) is 0 Å². The van der Waals surface area contributed by atoms with Crippen molar-refractivity contribution in [3.05, 3.63) is 65.7 Å². The molecule has 0 radical (unpaired) electrons. The lowest BCUT2D eigenvalue weighted by molar-refractivity contribution is 0.722. The van der Waals surface area contributed by atoms with E-state index in [-0.39, 0.29) is 6.04 Å². The molecule has 2 aromatic rings. The standard InChI is InChI=1S/C16H18N2S/c1-12-7-6-10-15(11-12)18-16(19)17-13(2)14-8-4-3-5-9-14/h3-11,13H,1-2H3,(H2,17,18,19). The summed E-state index contributed by atoms with van der Waals surface area (Å²) in [5.74, 6) is 0. The Balaban J connectivity index is 1.95. The van der Waals surface area contributed by atoms with Gasteiger partial charge in [0, 0.05) is 5.69 Å². The molecule has 2 rings (SSSR count). The molecule has 19 heavy (non-hydrogen) atoms. The number of hydrogen-bond donors (Lipinski definition) is 2. The zero-order chi connectivity index (χ0) is 13.7. The normalized spacial score (nSPS) is 11.7. The Morgan fingerprint density at radius 3 is 2.47 bits per heavy atom. The van der Waals surface area contributed by atoms with Crippen molar-refractivity contribution in [3.8, 4) is 0 Å². The van der Waals surface area contributed by atoms with Crippen molar-refractivity contribution in [2.45, 2.75) is 19.9 Å². The van der Waals surface area contributed by atoms with Crippen LogP contribution in [0.3, 0.4) is 0 Å². The monoisotopic (exact) mass is 270 g/mol. The van der Waals surface area contributed by atoms with Crippen LogP contribution in [0.1, 0.15) is 24.1 Å². The van der Waals surface area contributed by atoms with E-state index in [1.54, 1.807) is 0 Å². The molecule has 0 aliphatic heterocycles. The van der Waals surface area contributed by atoms with Gasteiger partial charge in [-0.25, -0.2) is 0 Å². The molecule has 0 saturated carbocycles. The Labute approximate surface area is 119 Å². The summed E-state index contributed by atoms with van der Waals surface area (Å²) in [5.41, 5.74) is 3.44. The molecule has 2 N–H and O–H groups in total. The van der Waals surface area contributed by atoms with Crippen LogP contribution in [0.2, 0.25) is 0 Å². The summed E-state index contributed by atoms with van der Waals surface area (Å²) in [6.45, 7) is 4.16. The molecule has 0 aliphatic rings. The van der Waals surface area contributed by atoms with Gasteiger partial charge in [-0.05, 0) is 49.3 Å². The van der Waals surface area contributed by atoms with Crippen LogP contribution in [0.15, 0.2) is 54.6 Å². The van der Waals surface area contributed by atoms with Crippen molar-refractivity contribution in [1.29, 1.82) is 0 Å². The summed E-state index contributed by atoms with van der Waals surface area (Å²) in [6.07, 6.45) is 0. The van der Waals surface area contributed by atoms with Gasteiger partial charge in [-0.1, -0.05) is 42.5 Å². The van der Waals surface area contributed by atoms with Gasteiger partial charge in [0.15, 0.2) is 5.11 Å². The second-order valence-corrected chi connectivity index (χ2v) is 5.01. The van der Waals surface area contributed by atoms with Gasteiger partial charge in [0.25, 0.3) is 0 Å². The molecule has 0 spiro atoms. The number of anilines is 1. The fourth-order valence-electron chi connectivity index (χ4n) is 1.91. The topological polar surface area (TPSA) is 24.1 Å². The van der Waals surface area contributed by atoms with Gasteiger partial charge < -0.3 is 10.6 Å². The minimum absolute atomic E-state index is 0.186. The summed E-state index contributed by atoms with van der Waals surface area (Å²) >= 11 is 5.33. The maximum absolute atomic E-state index is 5.33. The Morgan fingerprint density at radius 1 is 1.05 bits per heavy atom. The molecule has 0 heterocycles. The molecule has 0 amide bonds. The van der Waals surface area contributed by atoms with Gasteiger partial charge in [-0.2, -0.15) is 0 Å². The van der Waals surface area contributed by atoms with E-state index < -0.39 is 0 Å². The molecule has 0 bridgehead atoms. The lowest BCUT2D eigenvalue weighted by Gasteiger charge is -2.17. The van der Waals surface area contributed by atoms with Gasteiger partial charge in [0.05, 0.1) is 6.04 Å². The van der Waals surface area contributed by atoms with Crippen molar-refractivity contribution in [2.24, 2.45) is 0 Å². The van der Waals surface area contributed by atoms with Gasteiger partial charge in [-0.15, -0.1) is 0 Å². The first-order valence-corrected chi connectivity index (χ1v) is 6.75. The summed E-state index contributed by atoms with van der Waals surface area (Å²) in [5, 5.41) is 7.13. The number of benzene rings is 2. The third-order valence-electron chi connectivity index (χ3n) is 2.92. The molecule has 1 unspecified atom stereocenters. The van der Waals surface area contributed by atoms with Crippen LogP contribution >= 0.6 is 12.2 Å². The summed E-state index contributed by atoms with van der Waals surface area (Å²) in [6, 6.07) is 18.6. The first-order chi connectivity index (χ1) is 9.15. The van der Waals surface area contributed by atoms with Crippen LogP contribution in [0, 0.1) is 6.92 Å². The largest absolute Gasteiger partial charge is 0.356 e.